The maximum absolute atomic E-state index is 15.6. The molecule has 10 heteroatoms. The third-order valence-electron chi connectivity index (χ3n) is 9.39. The first-order chi connectivity index (χ1) is 21.6. The molecule has 0 bridgehead atoms. The molecule has 228 valence electrons. The van der Waals surface area contributed by atoms with Crippen LogP contribution < -0.4 is 10.2 Å². The van der Waals surface area contributed by atoms with Crippen LogP contribution in [-0.2, 0) is 33.0 Å². The molecule has 45 heavy (non-hydrogen) atoms. The Bertz CT molecular complexity index is 1820. The van der Waals surface area contributed by atoms with Crippen molar-refractivity contribution < 1.29 is 31.9 Å². The molecule has 2 saturated heterocycles. The van der Waals surface area contributed by atoms with Crippen LogP contribution in [0.3, 0.4) is 0 Å². The van der Waals surface area contributed by atoms with Gasteiger partial charge in [-0.15, -0.1) is 0 Å². The number of likely N-dealkylation sites (tertiary alicyclic amines) is 1. The Kier molecular flexibility index (Phi) is 6.67. The number of halogens is 4. The molecule has 2 amide bonds. The van der Waals surface area contributed by atoms with Crippen LogP contribution in [0.2, 0.25) is 0 Å². The summed E-state index contributed by atoms with van der Waals surface area (Å²) >= 11 is 0. The molecule has 0 unspecified atom stereocenters. The molecule has 2 fully saturated rings. The Balaban J connectivity index is 1.49. The third kappa shape index (κ3) is 4.15. The normalized spacial score (nSPS) is 26.0. The third-order valence-corrected chi connectivity index (χ3v) is 9.39. The van der Waals surface area contributed by atoms with Gasteiger partial charge in [0.1, 0.15) is 17.4 Å². The lowest BCUT2D eigenvalue weighted by molar-refractivity contribution is -0.159. The minimum absolute atomic E-state index is 0.00706. The summed E-state index contributed by atoms with van der Waals surface area (Å²) in [6.07, 6.45) is -5.03. The molecule has 7 rings (SSSR count). The van der Waals surface area contributed by atoms with E-state index in [1.54, 1.807) is 78.9 Å². The molecule has 4 atom stereocenters. The van der Waals surface area contributed by atoms with Crippen molar-refractivity contribution >= 4 is 23.3 Å². The predicted octanol–water partition coefficient (Wildman–Crippen LogP) is 5.48. The van der Waals surface area contributed by atoms with Crippen molar-refractivity contribution in [2.24, 2.45) is 5.41 Å². The van der Waals surface area contributed by atoms with Crippen molar-refractivity contribution in [3.63, 3.8) is 0 Å². The minimum Gasteiger partial charge on any atom is -0.331 e. The summed E-state index contributed by atoms with van der Waals surface area (Å²) in [7, 11) is 0. The van der Waals surface area contributed by atoms with Crippen molar-refractivity contribution in [2.45, 2.75) is 36.8 Å². The second-order valence-electron chi connectivity index (χ2n) is 11.8. The van der Waals surface area contributed by atoms with Gasteiger partial charge in [0.15, 0.2) is 0 Å². The van der Waals surface area contributed by atoms with Crippen LogP contribution in [0, 0.1) is 11.2 Å². The average molecular weight is 614 g/mol. The summed E-state index contributed by atoms with van der Waals surface area (Å²) in [5.41, 5.74) is -3.25. The van der Waals surface area contributed by atoms with E-state index in [4.69, 9.17) is 0 Å². The van der Waals surface area contributed by atoms with Crippen LogP contribution in [0.1, 0.15) is 28.2 Å². The number of para-hydroxylation sites is 1. The van der Waals surface area contributed by atoms with Gasteiger partial charge in [-0.25, -0.2) is 4.39 Å². The topological polar surface area (TPSA) is 69.7 Å². The Morgan fingerprint density at radius 2 is 1.33 bits per heavy atom. The van der Waals surface area contributed by atoms with Crippen LogP contribution in [0.25, 0.3) is 0 Å². The fourth-order valence-corrected chi connectivity index (χ4v) is 7.59. The molecule has 0 radical (unpaired) electrons. The van der Waals surface area contributed by atoms with Crippen LogP contribution in [0.15, 0.2) is 109 Å². The first kappa shape index (κ1) is 28.9. The van der Waals surface area contributed by atoms with Gasteiger partial charge >= 0.3 is 6.18 Å². The number of anilines is 1. The zero-order valence-electron chi connectivity index (χ0n) is 23.8. The predicted molar refractivity (Wildman–Crippen MR) is 157 cm³/mol. The van der Waals surface area contributed by atoms with Crippen molar-refractivity contribution in [1.82, 2.24) is 10.2 Å². The van der Waals surface area contributed by atoms with Gasteiger partial charge in [-0.05, 0) is 28.8 Å². The van der Waals surface area contributed by atoms with Gasteiger partial charge in [-0.3, -0.25) is 19.7 Å². The Labute approximate surface area is 256 Å². The molecule has 3 aliphatic rings. The number of hydrogen-bond acceptors (Lipinski definition) is 4. The van der Waals surface area contributed by atoms with Gasteiger partial charge in [0.05, 0.1) is 12.0 Å². The number of fused-ring (bicyclic) bond motifs is 3. The molecule has 0 aliphatic carbocycles. The molecule has 6 nitrogen and oxygen atoms in total. The fourth-order valence-electron chi connectivity index (χ4n) is 7.59. The van der Waals surface area contributed by atoms with Gasteiger partial charge in [0, 0.05) is 30.3 Å². The van der Waals surface area contributed by atoms with E-state index in [1.807, 2.05) is 0 Å². The van der Waals surface area contributed by atoms with Crippen molar-refractivity contribution in [1.29, 1.82) is 0 Å². The van der Waals surface area contributed by atoms with E-state index in [9.17, 15) is 14.4 Å². The Hall–Kier alpha value is -4.83. The lowest BCUT2D eigenvalue weighted by Gasteiger charge is -2.40. The van der Waals surface area contributed by atoms with E-state index < -0.39 is 64.6 Å². The van der Waals surface area contributed by atoms with Gasteiger partial charge in [0.2, 0.25) is 5.78 Å². The monoisotopic (exact) mass is 613 g/mol. The largest absolute Gasteiger partial charge is 0.404 e. The molecule has 3 heterocycles. The second kappa shape index (κ2) is 10.4. The highest BCUT2D eigenvalue weighted by atomic mass is 19.4. The number of hydrogen-bond donors (Lipinski definition) is 1. The lowest BCUT2D eigenvalue weighted by Crippen LogP contribution is -2.61. The van der Waals surface area contributed by atoms with E-state index >= 15 is 17.6 Å². The molecule has 0 aromatic heterocycles. The number of amides is 2. The maximum atomic E-state index is 15.6. The summed E-state index contributed by atoms with van der Waals surface area (Å²) < 4.78 is 61.2. The lowest BCUT2D eigenvalue weighted by atomic mass is 9.59. The summed E-state index contributed by atoms with van der Waals surface area (Å²) in [6, 6.07) is 26.4. The molecule has 4 aromatic rings. The Morgan fingerprint density at radius 1 is 0.756 bits per heavy atom. The van der Waals surface area contributed by atoms with E-state index in [0.717, 1.165) is 6.07 Å². The van der Waals surface area contributed by atoms with Crippen LogP contribution in [0.5, 0.6) is 0 Å². The number of nitrogens with one attached hydrogen (secondary N) is 1. The van der Waals surface area contributed by atoms with E-state index in [-0.39, 0.29) is 18.7 Å². The standard InChI is InChI=1S/C35H27F4N3O3/c36-26-17-9-7-15-24(26)28-29(35(37,38)39)40-34(33(28)21-41(31(44)30(33)43)19-22-11-3-1-4-12-22)25-16-8-10-18-27(25)42(32(34)45)20-23-13-5-2-6-14-23/h1-18,28-29,40H,19-21H2/t28-,29+,33-,34-/m1/s1. The van der Waals surface area contributed by atoms with Crippen LogP contribution >= 0.6 is 0 Å². The molecule has 4 aromatic carbocycles. The summed E-state index contributed by atoms with van der Waals surface area (Å²) in [4.78, 5) is 45.9. The SMILES string of the molecule is O=C1C(=O)[C@@]2(CN1Cc1ccccc1)[C@H](c1ccccc1F)[C@@H](C(F)(F)F)N[C@]21C(=O)N(Cc2ccccc2)c2ccccc21. The maximum Gasteiger partial charge on any atom is 0.404 e. The summed E-state index contributed by atoms with van der Waals surface area (Å²) in [5.74, 6) is -5.88. The van der Waals surface area contributed by atoms with Crippen molar-refractivity contribution in [3.8, 4) is 0 Å². The molecule has 2 spiro atoms. The van der Waals surface area contributed by atoms with Gasteiger partial charge in [0.25, 0.3) is 11.8 Å². The number of rotatable bonds is 5. The summed E-state index contributed by atoms with van der Waals surface area (Å²) in [6.45, 7) is -0.599. The van der Waals surface area contributed by atoms with E-state index in [0.29, 0.717) is 16.8 Å². The highest BCUT2D eigenvalue weighted by molar-refractivity contribution is 6.42. The minimum atomic E-state index is -5.03. The highest BCUT2D eigenvalue weighted by Crippen LogP contribution is 2.65. The number of alkyl halides is 3. The van der Waals surface area contributed by atoms with E-state index in [2.05, 4.69) is 5.32 Å². The number of benzene rings is 4. The number of nitrogens with zero attached hydrogens (tertiary/aromatic N) is 2. The number of carbonyl (C=O) groups excluding carboxylic acids is 3. The van der Waals surface area contributed by atoms with Crippen molar-refractivity contribution in [2.75, 3.05) is 11.4 Å². The van der Waals surface area contributed by atoms with Gasteiger partial charge < -0.3 is 9.80 Å². The quantitative estimate of drug-likeness (QED) is 0.239. The van der Waals surface area contributed by atoms with Crippen molar-refractivity contribution in [3.05, 3.63) is 137 Å². The average Bonchev–Trinajstić information content (AvgIpc) is 3.57. The number of carbonyl (C=O) groups is 3. The Morgan fingerprint density at radius 3 is 1.98 bits per heavy atom. The number of ketones is 1. The summed E-state index contributed by atoms with van der Waals surface area (Å²) in [5, 5.41) is 2.59. The molecular formula is C35H27F4N3O3. The smallest absolute Gasteiger partial charge is 0.331 e. The first-order valence-corrected chi connectivity index (χ1v) is 14.5. The van der Waals surface area contributed by atoms with Crippen LogP contribution in [-0.4, -0.2) is 41.3 Å². The van der Waals surface area contributed by atoms with Crippen LogP contribution in [0.4, 0.5) is 23.2 Å². The second-order valence-corrected chi connectivity index (χ2v) is 11.8. The number of Topliss-reactive ketones (excluding diaryl/α,β-unsaturated/α-hetero) is 1. The highest BCUT2D eigenvalue weighted by Gasteiger charge is 2.81. The van der Waals surface area contributed by atoms with Gasteiger partial charge in [-0.1, -0.05) is 97.1 Å². The molecular weight excluding hydrogens is 586 g/mol. The zero-order chi connectivity index (χ0) is 31.6. The zero-order valence-corrected chi connectivity index (χ0v) is 23.8. The fraction of sp³-hybridized carbons (Fsp3) is 0.229. The van der Waals surface area contributed by atoms with E-state index in [1.165, 1.54) is 34.1 Å². The molecule has 3 aliphatic heterocycles. The van der Waals surface area contributed by atoms with Gasteiger partial charge in [-0.2, -0.15) is 13.2 Å². The molecule has 1 N–H and O–H groups in total. The molecule has 0 saturated carbocycles. The first-order valence-electron chi connectivity index (χ1n) is 14.5.